The number of para-hydroxylation sites is 1. The minimum Gasteiger partial charge on any atom is -0.389 e. The van der Waals surface area contributed by atoms with Gasteiger partial charge >= 0.3 is 0 Å². The first-order valence-corrected chi connectivity index (χ1v) is 6.98. The van der Waals surface area contributed by atoms with Crippen LogP contribution in [0, 0.1) is 0 Å². The van der Waals surface area contributed by atoms with Crippen LogP contribution in [0.25, 0.3) is 10.9 Å². The summed E-state index contributed by atoms with van der Waals surface area (Å²) in [5, 5.41) is 14.5. The van der Waals surface area contributed by atoms with Crippen LogP contribution in [0.4, 0.5) is 0 Å². The number of aryl methyl sites for hydroxylation is 1. The molecule has 0 aliphatic heterocycles. The second kappa shape index (κ2) is 5.76. The maximum Gasteiger partial charge on any atom is 0.0741 e. The third kappa shape index (κ3) is 3.58. The van der Waals surface area contributed by atoms with Crippen molar-refractivity contribution in [3.8, 4) is 0 Å². The van der Waals surface area contributed by atoms with Crippen LogP contribution in [-0.4, -0.2) is 27.9 Å². The smallest absolute Gasteiger partial charge is 0.0741 e. The zero-order valence-electron chi connectivity index (χ0n) is 12.1. The van der Waals surface area contributed by atoms with E-state index in [4.69, 9.17) is 0 Å². The predicted molar refractivity (Wildman–Crippen MR) is 80.3 cm³/mol. The molecule has 0 saturated heterocycles. The normalized spacial score (nSPS) is 13.9. The van der Waals surface area contributed by atoms with E-state index in [0.29, 0.717) is 0 Å². The molecule has 19 heavy (non-hydrogen) atoms. The zero-order valence-corrected chi connectivity index (χ0v) is 12.1. The molecule has 0 saturated carbocycles. The highest BCUT2D eigenvalue weighted by Gasteiger charge is 2.20. The topological polar surface area (TPSA) is 37.2 Å². The molecule has 1 heterocycles. The van der Waals surface area contributed by atoms with E-state index in [9.17, 15) is 5.11 Å². The highest BCUT2D eigenvalue weighted by Crippen LogP contribution is 2.15. The molecule has 0 fully saturated rings. The molecule has 2 rings (SSSR count). The van der Waals surface area contributed by atoms with Gasteiger partial charge in [0.25, 0.3) is 0 Å². The van der Waals surface area contributed by atoms with Gasteiger partial charge < -0.3 is 15.0 Å². The zero-order chi connectivity index (χ0) is 13.9. The molecule has 1 aromatic carbocycles. The first kappa shape index (κ1) is 14.1. The Morgan fingerprint density at radius 3 is 2.74 bits per heavy atom. The number of hydrogen-bond acceptors (Lipinski definition) is 2. The molecule has 0 radical (unpaired) electrons. The third-order valence-electron chi connectivity index (χ3n) is 3.77. The summed E-state index contributed by atoms with van der Waals surface area (Å²) >= 11 is 0. The van der Waals surface area contributed by atoms with E-state index in [1.807, 2.05) is 20.8 Å². The van der Waals surface area contributed by atoms with E-state index in [2.05, 4.69) is 46.4 Å². The number of fused-ring (bicyclic) bond motifs is 1. The second-order valence-electron chi connectivity index (χ2n) is 5.75. The molecule has 3 nitrogen and oxygen atoms in total. The Morgan fingerprint density at radius 2 is 2.00 bits per heavy atom. The lowest BCUT2D eigenvalue weighted by molar-refractivity contribution is 0.0443. The molecule has 1 unspecified atom stereocenters. The summed E-state index contributed by atoms with van der Waals surface area (Å²) in [7, 11) is 0. The van der Waals surface area contributed by atoms with Crippen molar-refractivity contribution in [1.29, 1.82) is 0 Å². The number of nitrogens with zero attached hydrogens (tertiary/aromatic N) is 1. The Kier molecular flexibility index (Phi) is 4.27. The molecule has 3 heteroatoms. The fourth-order valence-electron chi connectivity index (χ4n) is 2.15. The number of aromatic nitrogens is 1. The highest BCUT2D eigenvalue weighted by atomic mass is 16.3. The first-order valence-electron chi connectivity index (χ1n) is 6.98. The molecule has 0 bridgehead atoms. The van der Waals surface area contributed by atoms with Crippen LogP contribution in [0.3, 0.4) is 0 Å². The van der Waals surface area contributed by atoms with Gasteiger partial charge in [0.1, 0.15) is 0 Å². The third-order valence-corrected chi connectivity index (χ3v) is 3.77. The highest BCUT2D eigenvalue weighted by molar-refractivity contribution is 5.79. The van der Waals surface area contributed by atoms with Crippen LogP contribution in [0.15, 0.2) is 36.5 Å². The standard InChI is InChI=1S/C16H24N2O/c1-13(16(2,3)19)17-10-6-11-18-12-9-14-7-4-5-8-15(14)18/h4-5,7-9,12-13,17,19H,6,10-11H2,1-3H3. The average molecular weight is 260 g/mol. The van der Waals surface area contributed by atoms with Gasteiger partial charge in [0.05, 0.1) is 5.60 Å². The average Bonchev–Trinajstić information content (AvgIpc) is 2.76. The van der Waals surface area contributed by atoms with Crippen molar-refractivity contribution >= 4 is 10.9 Å². The lowest BCUT2D eigenvalue weighted by Crippen LogP contribution is -2.44. The fraction of sp³-hybridized carbons (Fsp3) is 0.500. The SMILES string of the molecule is CC(NCCCn1ccc2ccccc21)C(C)(C)O. The molecule has 0 amide bonds. The summed E-state index contributed by atoms with van der Waals surface area (Å²) in [5.41, 5.74) is 0.623. The van der Waals surface area contributed by atoms with Crippen molar-refractivity contribution in [1.82, 2.24) is 9.88 Å². The number of hydrogen-bond donors (Lipinski definition) is 2. The summed E-state index contributed by atoms with van der Waals surface area (Å²) in [6.07, 6.45) is 3.20. The van der Waals surface area contributed by atoms with Crippen molar-refractivity contribution < 1.29 is 5.11 Å². The summed E-state index contributed by atoms with van der Waals surface area (Å²) in [4.78, 5) is 0. The summed E-state index contributed by atoms with van der Waals surface area (Å²) in [5.74, 6) is 0. The minimum absolute atomic E-state index is 0.105. The summed E-state index contributed by atoms with van der Waals surface area (Å²) in [6, 6.07) is 10.7. The van der Waals surface area contributed by atoms with Crippen LogP contribution in [-0.2, 0) is 6.54 Å². The van der Waals surface area contributed by atoms with Gasteiger partial charge in [-0.2, -0.15) is 0 Å². The van der Waals surface area contributed by atoms with Crippen LogP contribution >= 0.6 is 0 Å². The Morgan fingerprint density at radius 1 is 1.26 bits per heavy atom. The Hall–Kier alpha value is -1.32. The van der Waals surface area contributed by atoms with E-state index >= 15 is 0 Å². The maximum absolute atomic E-state index is 9.84. The molecule has 0 aliphatic rings. The quantitative estimate of drug-likeness (QED) is 0.784. The maximum atomic E-state index is 9.84. The molecule has 1 atom stereocenters. The fourth-order valence-corrected chi connectivity index (χ4v) is 2.15. The second-order valence-corrected chi connectivity index (χ2v) is 5.75. The van der Waals surface area contributed by atoms with Crippen molar-refractivity contribution in [2.45, 2.75) is 45.4 Å². The van der Waals surface area contributed by atoms with Gasteiger partial charge in [0.2, 0.25) is 0 Å². The molecule has 0 aliphatic carbocycles. The summed E-state index contributed by atoms with van der Waals surface area (Å²) in [6.45, 7) is 7.61. The van der Waals surface area contributed by atoms with Crippen molar-refractivity contribution in [2.24, 2.45) is 0 Å². The van der Waals surface area contributed by atoms with Gasteiger partial charge in [-0.3, -0.25) is 0 Å². The first-order chi connectivity index (χ1) is 8.98. The van der Waals surface area contributed by atoms with Gasteiger partial charge in [-0.05, 0) is 51.3 Å². The van der Waals surface area contributed by atoms with Gasteiger partial charge in [0.15, 0.2) is 0 Å². The van der Waals surface area contributed by atoms with E-state index in [-0.39, 0.29) is 6.04 Å². The molecule has 104 valence electrons. The van der Waals surface area contributed by atoms with E-state index < -0.39 is 5.60 Å². The largest absolute Gasteiger partial charge is 0.389 e. The lowest BCUT2D eigenvalue weighted by Gasteiger charge is -2.26. The van der Waals surface area contributed by atoms with Crippen molar-refractivity contribution in [3.05, 3.63) is 36.5 Å². The van der Waals surface area contributed by atoms with Crippen LogP contribution in [0.1, 0.15) is 27.2 Å². The monoisotopic (exact) mass is 260 g/mol. The predicted octanol–water partition coefficient (Wildman–Crippen LogP) is 2.78. The van der Waals surface area contributed by atoms with E-state index in [1.54, 1.807) is 0 Å². The van der Waals surface area contributed by atoms with E-state index in [1.165, 1.54) is 10.9 Å². The molecule has 1 aromatic heterocycles. The Labute approximate surface area is 115 Å². The van der Waals surface area contributed by atoms with Crippen LogP contribution in [0.2, 0.25) is 0 Å². The molecular formula is C16H24N2O. The van der Waals surface area contributed by atoms with Gasteiger partial charge in [-0.1, -0.05) is 18.2 Å². The number of benzene rings is 1. The van der Waals surface area contributed by atoms with Gasteiger partial charge in [0, 0.05) is 24.3 Å². The van der Waals surface area contributed by atoms with Crippen LogP contribution < -0.4 is 5.32 Å². The number of rotatable bonds is 6. The Balaban J connectivity index is 1.83. The minimum atomic E-state index is -0.667. The molecule has 2 aromatic rings. The van der Waals surface area contributed by atoms with Crippen LogP contribution in [0.5, 0.6) is 0 Å². The number of nitrogens with one attached hydrogen (secondary N) is 1. The van der Waals surface area contributed by atoms with Gasteiger partial charge in [-0.15, -0.1) is 0 Å². The molecule has 2 N–H and O–H groups in total. The molecular weight excluding hydrogens is 236 g/mol. The van der Waals surface area contributed by atoms with Gasteiger partial charge in [-0.25, -0.2) is 0 Å². The van der Waals surface area contributed by atoms with Crippen molar-refractivity contribution in [2.75, 3.05) is 6.54 Å². The number of aliphatic hydroxyl groups is 1. The Bertz CT molecular complexity index is 525. The summed E-state index contributed by atoms with van der Waals surface area (Å²) < 4.78 is 2.28. The lowest BCUT2D eigenvalue weighted by atomic mass is 10.0. The molecule has 0 spiro atoms. The van der Waals surface area contributed by atoms with E-state index in [0.717, 1.165) is 19.5 Å². The van der Waals surface area contributed by atoms with Crippen molar-refractivity contribution in [3.63, 3.8) is 0 Å².